The summed E-state index contributed by atoms with van der Waals surface area (Å²) in [5.41, 5.74) is 1.96. The fourth-order valence-electron chi connectivity index (χ4n) is 3.63. The topological polar surface area (TPSA) is 73.2 Å². The van der Waals surface area contributed by atoms with E-state index < -0.39 is 6.04 Å². The number of pyridine rings is 1. The molecule has 1 N–H and O–H groups in total. The van der Waals surface area contributed by atoms with Crippen molar-refractivity contribution in [1.82, 2.24) is 9.55 Å². The summed E-state index contributed by atoms with van der Waals surface area (Å²) < 4.78 is 7.90. The average molecular weight is 442 g/mol. The van der Waals surface area contributed by atoms with Gasteiger partial charge in [-0.1, -0.05) is 42.0 Å². The number of hydrogen-bond donors (Lipinski definition) is 1. The minimum atomic E-state index is -0.715. The highest BCUT2D eigenvalue weighted by Gasteiger charge is 2.24. The Morgan fingerprint density at radius 1 is 1.30 bits per heavy atom. The van der Waals surface area contributed by atoms with Gasteiger partial charge in [0.25, 0.3) is 5.56 Å². The number of carbonyl (C=O) groups is 1. The molecule has 0 saturated heterocycles. The summed E-state index contributed by atoms with van der Waals surface area (Å²) in [5.74, 6) is 0.245. The molecule has 2 aromatic heterocycles. The van der Waals surface area contributed by atoms with Crippen LogP contribution in [0.25, 0.3) is 21.1 Å². The number of ether oxygens (including phenoxy) is 1. The van der Waals surface area contributed by atoms with Crippen LogP contribution in [0, 0.1) is 6.92 Å². The first kappa shape index (κ1) is 20.4. The Morgan fingerprint density at radius 3 is 2.83 bits per heavy atom. The van der Waals surface area contributed by atoms with Crippen LogP contribution in [-0.4, -0.2) is 22.6 Å². The molecule has 0 radical (unpaired) electrons. The van der Waals surface area contributed by atoms with Crippen LogP contribution >= 0.6 is 22.9 Å². The van der Waals surface area contributed by atoms with Gasteiger partial charge >= 0.3 is 0 Å². The standard InChI is InChI=1S/C22H20ClN3O3S/c1-4-16(21(28)25-22-24-15-9-8-13(23)11-18(15)30-22)26-19(27)10-12(2)14-6-5-7-17(29-3)20(14)26/h5-11,16H,4H2,1-3H3,(H,24,25,28). The fraction of sp³-hybridized carbons (Fsp3) is 0.227. The van der Waals surface area contributed by atoms with Crippen molar-refractivity contribution >= 4 is 55.1 Å². The van der Waals surface area contributed by atoms with Gasteiger partial charge in [-0.05, 0) is 43.2 Å². The highest BCUT2D eigenvalue weighted by atomic mass is 35.5. The second-order valence-corrected chi connectivity index (χ2v) is 8.40. The monoisotopic (exact) mass is 441 g/mol. The molecule has 4 aromatic rings. The molecule has 30 heavy (non-hydrogen) atoms. The first-order valence-electron chi connectivity index (χ1n) is 9.48. The van der Waals surface area contributed by atoms with Gasteiger partial charge in [0.2, 0.25) is 5.91 Å². The van der Waals surface area contributed by atoms with Crippen LogP contribution in [0.2, 0.25) is 5.02 Å². The minimum absolute atomic E-state index is 0.248. The van der Waals surface area contributed by atoms with E-state index in [1.807, 2.05) is 38.1 Å². The van der Waals surface area contributed by atoms with E-state index in [2.05, 4.69) is 10.3 Å². The number of rotatable bonds is 5. The smallest absolute Gasteiger partial charge is 0.252 e. The number of halogens is 1. The van der Waals surface area contributed by atoms with Crippen LogP contribution in [0.5, 0.6) is 5.75 Å². The summed E-state index contributed by atoms with van der Waals surface area (Å²) >= 11 is 7.38. The molecule has 8 heteroatoms. The third-order valence-corrected chi connectivity index (χ3v) is 6.21. The van der Waals surface area contributed by atoms with E-state index in [9.17, 15) is 9.59 Å². The first-order valence-corrected chi connectivity index (χ1v) is 10.7. The van der Waals surface area contributed by atoms with Crippen LogP contribution in [0.3, 0.4) is 0 Å². The first-order chi connectivity index (χ1) is 14.4. The molecule has 0 spiro atoms. The van der Waals surface area contributed by atoms with Gasteiger partial charge in [-0.15, -0.1) is 0 Å². The lowest BCUT2D eigenvalue weighted by atomic mass is 10.1. The molecule has 1 amide bonds. The molecule has 2 aromatic carbocycles. The molecular weight excluding hydrogens is 422 g/mol. The lowest BCUT2D eigenvalue weighted by molar-refractivity contribution is -0.119. The zero-order chi connectivity index (χ0) is 21.4. The molecule has 0 aliphatic carbocycles. The van der Waals surface area contributed by atoms with Crippen molar-refractivity contribution in [1.29, 1.82) is 0 Å². The second-order valence-electron chi connectivity index (χ2n) is 6.94. The zero-order valence-electron chi connectivity index (χ0n) is 16.7. The molecule has 4 rings (SSSR count). The number of carbonyl (C=O) groups excluding carboxylic acids is 1. The number of nitrogens with zero attached hydrogens (tertiary/aromatic N) is 2. The summed E-state index contributed by atoms with van der Waals surface area (Å²) in [6.07, 6.45) is 0.429. The number of fused-ring (bicyclic) bond motifs is 2. The number of benzene rings is 2. The molecular formula is C22H20ClN3O3S. The van der Waals surface area contributed by atoms with Crippen molar-refractivity contribution in [2.45, 2.75) is 26.3 Å². The van der Waals surface area contributed by atoms with Gasteiger partial charge in [-0.3, -0.25) is 14.2 Å². The third kappa shape index (κ3) is 3.55. The molecule has 0 fully saturated rings. The van der Waals surface area contributed by atoms with Crippen LogP contribution in [-0.2, 0) is 4.79 Å². The summed E-state index contributed by atoms with van der Waals surface area (Å²) in [5, 5.41) is 4.82. The van der Waals surface area contributed by atoms with E-state index in [0.717, 1.165) is 21.2 Å². The number of nitrogens with one attached hydrogen (secondary N) is 1. The maximum absolute atomic E-state index is 13.2. The largest absolute Gasteiger partial charge is 0.495 e. The Hall–Kier alpha value is -2.90. The molecule has 6 nitrogen and oxygen atoms in total. The number of amides is 1. The van der Waals surface area contributed by atoms with Crippen molar-refractivity contribution in [2.75, 3.05) is 12.4 Å². The minimum Gasteiger partial charge on any atom is -0.495 e. The van der Waals surface area contributed by atoms with Gasteiger partial charge in [0.1, 0.15) is 11.8 Å². The SMILES string of the molecule is CCC(C(=O)Nc1nc2ccc(Cl)cc2s1)n1c(=O)cc(C)c2cccc(OC)c21. The van der Waals surface area contributed by atoms with E-state index in [1.54, 1.807) is 25.3 Å². The van der Waals surface area contributed by atoms with Gasteiger partial charge in [-0.25, -0.2) is 4.98 Å². The molecule has 1 atom stereocenters. The predicted octanol–water partition coefficient (Wildman–Crippen LogP) is 5.17. The van der Waals surface area contributed by atoms with E-state index in [-0.39, 0.29) is 11.5 Å². The van der Waals surface area contributed by atoms with Crippen molar-refractivity contribution in [3.05, 3.63) is 63.4 Å². The van der Waals surface area contributed by atoms with E-state index in [0.29, 0.717) is 27.8 Å². The van der Waals surface area contributed by atoms with Gasteiger partial charge < -0.3 is 10.1 Å². The highest BCUT2D eigenvalue weighted by Crippen LogP contribution is 2.31. The molecule has 0 aliphatic heterocycles. The third-order valence-electron chi connectivity index (χ3n) is 5.04. The molecule has 0 bridgehead atoms. The Morgan fingerprint density at radius 2 is 2.10 bits per heavy atom. The van der Waals surface area contributed by atoms with Gasteiger partial charge in [0.05, 0.1) is 22.8 Å². The molecule has 0 saturated carbocycles. The van der Waals surface area contributed by atoms with Gasteiger partial charge in [0.15, 0.2) is 5.13 Å². The quantitative estimate of drug-likeness (QED) is 0.463. The number of thiazole rings is 1. The summed E-state index contributed by atoms with van der Waals surface area (Å²) in [6, 6.07) is 11.8. The predicted molar refractivity (Wildman–Crippen MR) is 122 cm³/mol. The van der Waals surface area contributed by atoms with Gasteiger partial charge in [-0.2, -0.15) is 0 Å². The fourth-order valence-corrected chi connectivity index (χ4v) is 4.78. The van der Waals surface area contributed by atoms with Crippen LogP contribution < -0.4 is 15.6 Å². The molecule has 0 aliphatic rings. The van der Waals surface area contributed by atoms with Crippen LogP contribution in [0.4, 0.5) is 5.13 Å². The van der Waals surface area contributed by atoms with Crippen molar-refractivity contribution in [3.63, 3.8) is 0 Å². The van der Waals surface area contributed by atoms with Crippen molar-refractivity contribution < 1.29 is 9.53 Å². The number of para-hydroxylation sites is 1. The normalized spacial score (nSPS) is 12.3. The Kier molecular flexibility index (Phi) is 5.49. The second kappa shape index (κ2) is 8.08. The van der Waals surface area contributed by atoms with Crippen LogP contribution in [0.15, 0.2) is 47.3 Å². The van der Waals surface area contributed by atoms with E-state index in [4.69, 9.17) is 16.3 Å². The summed E-state index contributed by atoms with van der Waals surface area (Å²) in [6.45, 7) is 3.75. The lowest BCUT2D eigenvalue weighted by Gasteiger charge is -2.21. The molecule has 2 heterocycles. The van der Waals surface area contributed by atoms with Gasteiger partial charge in [0, 0.05) is 16.5 Å². The number of anilines is 1. The van der Waals surface area contributed by atoms with E-state index >= 15 is 0 Å². The Bertz CT molecular complexity index is 1330. The zero-order valence-corrected chi connectivity index (χ0v) is 18.3. The maximum atomic E-state index is 13.2. The van der Waals surface area contributed by atoms with Crippen LogP contribution in [0.1, 0.15) is 24.9 Å². The maximum Gasteiger partial charge on any atom is 0.252 e. The average Bonchev–Trinajstić information content (AvgIpc) is 3.11. The highest BCUT2D eigenvalue weighted by molar-refractivity contribution is 7.22. The number of aryl methyl sites for hydroxylation is 1. The number of hydrogen-bond acceptors (Lipinski definition) is 5. The number of methoxy groups -OCH3 is 1. The summed E-state index contributed by atoms with van der Waals surface area (Å²) in [7, 11) is 1.55. The van der Waals surface area contributed by atoms with Crippen molar-refractivity contribution in [3.8, 4) is 5.75 Å². The van der Waals surface area contributed by atoms with E-state index in [1.165, 1.54) is 15.9 Å². The Balaban J connectivity index is 1.79. The number of aromatic nitrogens is 2. The lowest BCUT2D eigenvalue weighted by Crippen LogP contribution is -2.33. The molecule has 154 valence electrons. The van der Waals surface area contributed by atoms with Crippen molar-refractivity contribution in [2.24, 2.45) is 0 Å². The Labute approximate surface area is 182 Å². The molecule has 1 unspecified atom stereocenters. The summed E-state index contributed by atoms with van der Waals surface area (Å²) in [4.78, 5) is 30.6.